The first kappa shape index (κ1) is 12.7. The maximum Gasteiger partial charge on any atom is 0.350 e. The summed E-state index contributed by atoms with van der Waals surface area (Å²) in [6.45, 7) is 3.25. The standard InChI is InChI=1S/C11H13N7OS/c1-2-3-13-10-15-14-9(20-10)7-18-11(19)17-5-4-12-6-8(17)16-18/h4-6H,2-3,7H2,1H3,(H,13,15). The van der Waals surface area contributed by atoms with Gasteiger partial charge in [-0.15, -0.1) is 15.3 Å². The van der Waals surface area contributed by atoms with Crippen LogP contribution in [0.2, 0.25) is 0 Å². The van der Waals surface area contributed by atoms with Crippen LogP contribution in [-0.2, 0) is 6.54 Å². The SMILES string of the molecule is CCCNc1nnc(Cn2nc3cnccn3c2=O)s1. The Morgan fingerprint density at radius 1 is 1.40 bits per heavy atom. The summed E-state index contributed by atoms with van der Waals surface area (Å²) >= 11 is 1.43. The molecule has 3 aromatic heterocycles. The average Bonchev–Trinajstić information content (AvgIpc) is 3.03. The van der Waals surface area contributed by atoms with Gasteiger partial charge in [0, 0.05) is 18.9 Å². The minimum atomic E-state index is -0.208. The van der Waals surface area contributed by atoms with E-state index >= 15 is 0 Å². The lowest BCUT2D eigenvalue weighted by Gasteiger charge is -1.95. The Balaban J connectivity index is 1.84. The van der Waals surface area contributed by atoms with E-state index in [0.29, 0.717) is 12.2 Å². The second kappa shape index (κ2) is 5.37. The van der Waals surface area contributed by atoms with Crippen LogP contribution in [0.1, 0.15) is 18.4 Å². The van der Waals surface area contributed by atoms with E-state index in [9.17, 15) is 4.79 Å². The van der Waals surface area contributed by atoms with Crippen molar-refractivity contribution in [1.82, 2.24) is 29.4 Å². The molecule has 20 heavy (non-hydrogen) atoms. The number of nitrogens with zero attached hydrogens (tertiary/aromatic N) is 6. The summed E-state index contributed by atoms with van der Waals surface area (Å²) in [4.78, 5) is 16.0. The zero-order valence-corrected chi connectivity index (χ0v) is 11.7. The Kier molecular flexibility index (Phi) is 3.42. The van der Waals surface area contributed by atoms with Crippen LogP contribution in [0.15, 0.2) is 23.4 Å². The lowest BCUT2D eigenvalue weighted by molar-refractivity contribution is 0.651. The average molecular weight is 291 g/mol. The molecule has 0 aromatic carbocycles. The predicted molar refractivity (Wildman–Crippen MR) is 75.0 cm³/mol. The van der Waals surface area contributed by atoms with Crippen LogP contribution < -0.4 is 11.0 Å². The van der Waals surface area contributed by atoms with Crippen molar-refractivity contribution in [2.24, 2.45) is 0 Å². The van der Waals surface area contributed by atoms with Crippen LogP contribution in [0, 0.1) is 0 Å². The number of fused-ring (bicyclic) bond motifs is 1. The van der Waals surface area contributed by atoms with E-state index in [-0.39, 0.29) is 5.69 Å². The van der Waals surface area contributed by atoms with Crippen molar-refractivity contribution in [2.75, 3.05) is 11.9 Å². The fraction of sp³-hybridized carbons (Fsp3) is 0.364. The number of aromatic nitrogens is 6. The number of hydrogen-bond acceptors (Lipinski definition) is 7. The number of nitrogens with one attached hydrogen (secondary N) is 1. The Labute approximate surface area is 118 Å². The van der Waals surface area contributed by atoms with Crippen molar-refractivity contribution < 1.29 is 0 Å². The Hall–Kier alpha value is -2.29. The van der Waals surface area contributed by atoms with Gasteiger partial charge in [-0.3, -0.25) is 4.98 Å². The number of anilines is 1. The highest BCUT2D eigenvalue weighted by molar-refractivity contribution is 7.15. The predicted octanol–water partition coefficient (Wildman–Crippen LogP) is 0.613. The zero-order chi connectivity index (χ0) is 13.9. The quantitative estimate of drug-likeness (QED) is 0.741. The maximum atomic E-state index is 12.1. The third-order valence-electron chi connectivity index (χ3n) is 2.67. The highest BCUT2D eigenvalue weighted by Crippen LogP contribution is 2.15. The van der Waals surface area contributed by atoms with E-state index in [0.717, 1.165) is 23.1 Å². The smallest absolute Gasteiger partial charge is 0.350 e. The molecule has 0 amide bonds. The minimum Gasteiger partial charge on any atom is -0.360 e. The Morgan fingerprint density at radius 3 is 3.10 bits per heavy atom. The van der Waals surface area contributed by atoms with Crippen molar-refractivity contribution in [1.29, 1.82) is 0 Å². The molecule has 3 aromatic rings. The topological polar surface area (TPSA) is 90.0 Å². The highest BCUT2D eigenvalue weighted by Gasteiger charge is 2.10. The third-order valence-corrected chi connectivity index (χ3v) is 3.53. The van der Waals surface area contributed by atoms with Crippen molar-refractivity contribution in [3.05, 3.63) is 34.1 Å². The number of hydrogen-bond donors (Lipinski definition) is 1. The minimum absolute atomic E-state index is 0.208. The fourth-order valence-electron chi connectivity index (χ4n) is 1.73. The first-order valence-corrected chi connectivity index (χ1v) is 7.05. The fourth-order valence-corrected chi connectivity index (χ4v) is 2.48. The molecule has 0 bridgehead atoms. The van der Waals surface area contributed by atoms with E-state index in [1.807, 2.05) is 0 Å². The summed E-state index contributed by atoms with van der Waals surface area (Å²) in [6, 6.07) is 0. The zero-order valence-electron chi connectivity index (χ0n) is 10.9. The van der Waals surface area contributed by atoms with Gasteiger partial charge in [0.25, 0.3) is 0 Å². The van der Waals surface area contributed by atoms with Gasteiger partial charge >= 0.3 is 5.69 Å². The van der Waals surface area contributed by atoms with Crippen LogP contribution in [0.5, 0.6) is 0 Å². The first-order chi connectivity index (χ1) is 9.78. The molecular weight excluding hydrogens is 278 g/mol. The molecule has 0 saturated carbocycles. The van der Waals surface area contributed by atoms with Gasteiger partial charge in [0.2, 0.25) is 5.13 Å². The largest absolute Gasteiger partial charge is 0.360 e. The molecule has 3 rings (SSSR count). The molecule has 0 aliphatic rings. The molecule has 0 aliphatic heterocycles. The molecule has 0 atom stereocenters. The van der Waals surface area contributed by atoms with Gasteiger partial charge in [-0.2, -0.15) is 0 Å². The molecule has 9 heteroatoms. The molecule has 0 saturated heterocycles. The second-order valence-electron chi connectivity index (χ2n) is 4.17. The lowest BCUT2D eigenvalue weighted by Crippen LogP contribution is -2.21. The van der Waals surface area contributed by atoms with Crippen molar-refractivity contribution in [3.63, 3.8) is 0 Å². The molecule has 104 valence electrons. The summed E-state index contributed by atoms with van der Waals surface area (Å²) in [5.74, 6) is 0. The van der Waals surface area contributed by atoms with Crippen LogP contribution in [0.3, 0.4) is 0 Å². The molecule has 0 spiro atoms. The van der Waals surface area contributed by atoms with Gasteiger partial charge < -0.3 is 5.32 Å². The van der Waals surface area contributed by atoms with Crippen molar-refractivity contribution in [2.45, 2.75) is 19.9 Å². The summed E-state index contributed by atoms with van der Waals surface area (Å²) in [5, 5.41) is 17.0. The third kappa shape index (κ3) is 2.39. The van der Waals surface area contributed by atoms with E-state index in [1.165, 1.54) is 20.4 Å². The van der Waals surface area contributed by atoms with Crippen LogP contribution >= 0.6 is 11.3 Å². The second-order valence-corrected chi connectivity index (χ2v) is 5.23. The normalized spacial score (nSPS) is 11.1. The molecule has 3 heterocycles. The van der Waals surface area contributed by atoms with Gasteiger partial charge in [0.05, 0.1) is 6.20 Å². The lowest BCUT2D eigenvalue weighted by atomic mass is 10.5. The molecule has 0 unspecified atom stereocenters. The van der Waals surface area contributed by atoms with Crippen LogP contribution in [-0.4, -0.2) is 35.9 Å². The highest BCUT2D eigenvalue weighted by atomic mass is 32.1. The number of rotatable bonds is 5. The van der Waals surface area contributed by atoms with Gasteiger partial charge in [0.1, 0.15) is 11.6 Å². The van der Waals surface area contributed by atoms with Gasteiger partial charge in [-0.25, -0.2) is 13.9 Å². The summed E-state index contributed by atoms with van der Waals surface area (Å²) < 4.78 is 2.81. The molecule has 1 N–H and O–H groups in total. The van der Waals surface area contributed by atoms with E-state index in [4.69, 9.17) is 0 Å². The molecule has 8 nitrogen and oxygen atoms in total. The van der Waals surface area contributed by atoms with Crippen molar-refractivity contribution in [3.8, 4) is 0 Å². The van der Waals surface area contributed by atoms with Gasteiger partial charge in [-0.05, 0) is 6.42 Å². The molecule has 0 radical (unpaired) electrons. The summed E-state index contributed by atoms with van der Waals surface area (Å²) in [5.41, 5.74) is 0.312. The maximum absolute atomic E-state index is 12.1. The summed E-state index contributed by atoms with van der Waals surface area (Å²) in [6.07, 6.45) is 5.72. The van der Waals surface area contributed by atoms with Gasteiger partial charge in [-0.1, -0.05) is 18.3 Å². The van der Waals surface area contributed by atoms with Crippen molar-refractivity contribution >= 4 is 22.1 Å². The molecular formula is C11H13N7OS. The van der Waals surface area contributed by atoms with E-state index < -0.39 is 0 Å². The Morgan fingerprint density at radius 2 is 2.30 bits per heavy atom. The monoisotopic (exact) mass is 291 g/mol. The first-order valence-electron chi connectivity index (χ1n) is 6.23. The Bertz CT molecular complexity index is 774. The van der Waals surface area contributed by atoms with E-state index in [1.54, 1.807) is 18.6 Å². The molecule has 0 aliphatic carbocycles. The van der Waals surface area contributed by atoms with Gasteiger partial charge in [0.15, 0.2) is 5.65 Å². The van der Waals surface area contributed by atoms with Crippen LogP contribution in [0.4, 0.5) is 5.13 Å². The van der Waals surface area contributed by atoms with E-state index in [2.05, 4.69) is 32.5 Å². The summed E-state index contributed by atoms with van der Waals surface area (Å²) in [7, 11) is 0. The molecule has 0 fully saturated rings. The van der Waals surface area contributed by atoms with Crippen LogP contribution in [0.25, 0.3) is 5.65 Å².